The number of esters is 1. The van der Waals surface area contributed by atoms with Crippen molar-refractivity contribution < 1.29 is 24.2 Å². The first-order chi connectivity index (χ1) is 17.0. The van der Waals surface area contributed by atoms with E-state index in [1.54, 1.807) is 11.8 Å². The summed E-state index contributed by atoms with van der Waals surface area (Å²) in [6.45, 7) is 6.36. The number of nitrogens with one attached hydrogen (secondary N) is 1. The highest BCUT2D eigenvalue weighted by atomic mass is 16.5. The first-order valence-corrected chi connectivity index (χ1v) is 13.1. The van der Waals surface area contributed by atoms with Gasteiger partial charge in [0.1, 0.15) is 6.04 Å². The summed E-state index contributed by atoms with van der Waals surface area (Å²) < 4.78 is 5.41. The Kier molecular flexibility index (Phi) is 9.90. The first-order valence-electron chi connectivity index (χ1n) is 13.1. The van der Waals surface area contributed by atoms with Gasteiger partial charge in [-0.1, -0.05) is 69.2 Å². The van der Waals surface area contributed by atoms with E-state index in [0.29, 0.717) is 13.0 Å². The number of aliphatic hydroxyl groups is 1. The molecule has 35 heavy (non-hydrogen) atoms. The van der Waals surface area contributed by atoms with E-state index in [1.165, 1.54) is 0 Å². The number of benzene rings is 1. The molecule has 0 bridgehead atoms. The topological polar surface area (TPSA) is 95.9 Å². The van der Waals surface area contributed by atoms with E-state index in [0.717, 1.165) is 31.2 Å². The lowest BCUT2D eigenvalue weighted by Crippen LogP contribution is -2.53. The number of fused-ring (bicyclic) bond motifs is 1. The summed E-state index contributed by atoms with van der Waals surface area (Å²) >= 11 is 0. The Balaban J connectivity index is 2.01. The summed E-state index contributed by atoms with van der Waals surface area (Å²) in [4.78, 5) is 42.2. The molecular formula is C28H40N2O5. The van der Waals surface area contributed by atoms with Crippen LogP contribution in [0.2, 0.25) is 0 Å². The number of carbonyl (C=O) groups excluding carboxylic acids is 3. The minimum Gasteiger partial charge on any atom is -0.466 e. The fraction of sp³-hybridized carbons (Fsp3) is 0.607. The number of rotatable bonds is 12. The molecule has 0 saturated carbocycles. The van der Waals surface area contributed by atoms with Crippen LogP contribution in [0.5, 0.6) is 0 Å². The van der Waals surface area contributed by atoms with Crippen molar-refractivity contribution in [1.82, 2.24) is 10.2 Å². The molecule has 7 heteroatoms. The van der Waals surface area contributed by atoms with Crippen LogP contribution in [0.3, 0.4) is 0 Å². The number of nitrogens with zero attached hydrogens (tertiary/aromatic N) is 1. The standard InChI is InChI=1S/C28H40N2O5/c1-4-7-16-29-26(32)25-22-15-14-20(11-5-2)23(28(34)35-6-3)24(22)27(33)30(25)21(18-31)17-19-12-9-8-10-13-19/h8-10,12-15,20-25,31H,4-7,11,16-18H2,1-3H3,(H,29,32)/t20-,21-,22+,23-,24+,25+/m1/s1. The molecular weight excluding hydrogens is 444 g/mol. The molecule has 2 amide bonds. The summed E-state index contributed by atoms with van der Waals surface area (Å²) in [6.07, 6.45) is 7.80. The van der Waals surface area contributed by atoms with Gasteiger partial charge in [0.15, 0.2) is 0 Å². The van der Waals surface area contributed by atoms with Crippen molar-refractivity contribution in [1.29, 1.82) is 0 Å². The van der Waals surface area contributed by atoms with Crippen LogP contribution in [-0.2, 0) is 25.5 Å². The van der Waals surface area contributed by atoms with Gasteiger partial charge in [-0.05, 0) is 37.7 Å². The van der Waals surface area contributed by atoms with E-state index in [9.17, 15) is 19.5 Å². The maximum absolute atomic E-state index is 14.0. The minimum atomic E-state index is -0.777. The van der Waals surface area contributed by atoms with E-state index in [-0.39, 0.29) is 36.9 Å². The molecule has 6 atom stereocenters. The zero-order valence-corrected chi connectivity index (χ0v) is 21.2. The van der Waals surface area contributed by atoms with E-state index in [4.69, 9.17) is 4.74 Å². The highest BCUT2D eigenvalue weighted by Crippen LogP contribution is 2.46. The van der Waals surface area contributed by atoms with Gasteiger partial charge in [-0.3, -0.25) is 14.4 Å². The molecule has 0 spiro atoms. The minimum absolute atomic E-state index is 0.116. The summed E-state index contributed by atoms with van der Waals surface area (Å²) in [5.41, 5.74) is 0.973. The number of unbranched alkanes of at least 4 members (excludes halogenated alkanes) is 1. The predicted octanol–water partition coefficient (Wildman–Crippen LogP) is 3.11. The van der Waals surface area contributed by atoms with Crippen LogP contribution < -0.4 is 5.32 Å². The predicted molar refractivity (Wildman–Crippen MR) is 134 cm³/mol. The molecule has 3 rings (SSSR count). The molecule has 1 aliphatic heterocycles. The molecule has 2 aliphatic rings. The molecule has 1 heterocycles. The van der Waals surface area contributed by atoms with Gasteiger partial charge in [-0.2, -0.15) is 0 Å². The molecule has 0 aromatic heterocycles. The number of ether oxygens (including phenoxy) is 1. The number of allylic oxidation sites excluding steroid dienone is 1. The molecule has 1 fully saturated rings. The highest BCUT2D eigenvalue weighted by molar-refractivity contribution is 5.96. The summed E-state index contributed by atoms with van der Waals surface area (Å²) in [5.74, 6) is -2.73. The monoisotopic (exact) mass is 484 g/mol. The quantitative estimate of drug-likeness (QED) is 0.270. The lowest BCUT2D eigenvalue weighted by molar-refractivity contribution is -0.156. The van der Waals surface area contributed by atoms with Crippen LogP contribution in [0.4, 0.5) is 0 Å². The number of aliphatic hydroxyl groups excluding tert-OH is 1. The molecule has 1 aromatic rings. The molecule has 192 valence electrons. The lowest BCUT2D eigenvalue weighted by Gasteiger charge is -2.34. The zero-order valence-electron chi connectivity index (χ0n) is 21.2. The highest BCUT2D eigenvalue weighted by Gasteiger charge is 2.58. The van der Waals surface area contributed by atoms with E-state index in [2.05, 4.69) is 19.2 Å². The van der Waals surface area contributed by atoms with Crippen LogP contribution in [0.25, 0.3) is 0 Å². The molecule has 1 saturated heterocycles. The molecule has 0 unspecified atom stereocenters. The Bertz CT molecular complexity index is 887. The van der Waals surface area contributed by atoms with Crippen molar-refractivity contribution in [3.63, 3.8) is 0 Å². The average molecular weight is 485 g/mol. The number of hydrogen-bond donors (Lipinski definition) is 2. The number of amides is 2. The Hall–Kier alpha value is -2.67. The Labute approximate surface area is 208 Å². The first kappa shape index (κ1) is 26.9. The summed E-state index contributed by atoms with van der Waals surface area (Å²) in [6, 6.07) is 8.30. The maximum atomic E-state index is 14.0. The third kappa shape index (κ3) is 5.95. The molecule has 1 aliphatic carbocycles. The molecule has 0 radical (unpaired) electrons. The number of likely N-dealkylation sites (tertiary alicyclic amines) is 1. The van der Waals surface area contributed by atoms with Crippen LogP contribution in [0.15, 0.2) is 42.5 Å². The third-order valence-electron chi connectivity index (χ3n) is 7.24. The van der Waals surface area contributed by atoms with E-state index >= 15 is 0 Å². The van der Waals surface area contributed by atoms with Gasteiger partial charge in [-0.15, -0.1) is 0 Å². The SMILES string of the molecule is CCCCNC(=O)[C@@H]1[C@H]2C=C[C@@H](CCC)[C@@H](C(=O)OCC)[C@H]2C(=O)N1[C@@H](CO)Cc1ccccc1. The molecule has 1 aromatic carbocycles. The lowest BCUT2D eigenvalue weighted by atomic mass is 9.69. The molecule has 2 N–H and O–H groups in total. The number of hydrogen-bond acceptors (Lipinski definition) is 5. The second-order valence-electron chi connectivity index (χ2n) is 9.58. The Morgan fingerprint density at radius 1 is 1.11 bits per heavy atom. The third-order valence-corrected chi connectivity index (χ3v) is 7.24. The van der Waals surface area contributed by atoms with Crippen LogP contribution >= 0.6 is 0 Å². The summed E-state index contributed by atoms with van der Waals surface area (Å²) in [5, 5.41) is 13.4. The van der Waals surface area contributed by atoms with Crippen molar-refractivity contribution in [2.24, 2.45) is 23.7 Å². The molecule has 7 nitrogen and oxygen atoms in total. The van der Waals surface area contributed by atoms with Gasteiger partial charge in [0.25, 0.3) is 0 Å². The number of carbonyl (C=O) groups is 3. The maximum Gasteiger partial charge on any atom is 0.310 e. The summed E-state index contributed by atoms with van der Waals surface area (Å²) in [7, 11) is 0. The van der Waals surface area contributed by atoms with Crippen molar-refractivity contribution in [3.8, 4) is 0 Å². The van der Waals surface area contributed by atoms with Gasteiger partial charge in [0, 0.05) is 12.5 Å². The van der Waals surface area contributed by atoms with Crippen molar-refractivity contribution in [3.05, 3.63) is 48.0 Å². The second kappa shape index (κ2) is 12.9. The van der Waals surface area contributed by atoms with Gasteiger partial charge in [0.2, 0.25) is 11.8 Å². The van der Waals surface area contributed by atoms with Crippen molar-refractivity contribution >= 4 is 17.8 Å². The van der Waals surface area contributed by atoms with Crippen LogP contribution in [0.1, 0.15) is 52.0 Å². The fourth-order valence-electron chi connectivity index (χ4n) is 5.64. The van der Waals surface area contributed by atoms with Crippen LogP contribution in [-0.4, -0.2) is 59.6 Å². The smallest absolute Gasteiger partial charge is 0.310 e. The Morgan fingerprint density at radius 2 is 1.86 bits per heavy atom. The normalized spacial score (nSPS) is 26.3. The van der Waals surface area contributed by atoms with Crippen molar-refractivity contribution in [2.45, 2.75) is 65.0 Å². The van der Waals surface area contributed by atoms with Crippen LogP contribution in [0, 0.1) is 23.7 Å². The van der Waals surface area contributed by atoms with Gasteiger partial charge < -0.3 is 20.1 Å². The van der Waals surface area contributed by atoms with Gasteiger partial charge >= 0.3 is 5.97 Å². The fourth-order valence-corrected chi connectivity index (χ4v) is 5.64. The Morgan fingerprint density at radius 3 is 2.49 bits per heavy atom. The van der Waals surface area contributed by atoms with E-state index < -0.39 is 29.8 Å². The van der Waals surface area contributed by atoms with Gasteiger partial charge in [-0.25, -0.2) is 0 Å². The average Bonchev–Trinajstić information content (AvgIpc) is 3.15. The largest absolute Gasteiger partial charge is 0.466 e. The zero-order chi connectivity index (χ0) is 25.4. The second-order valence-corrected chi connectivity index (χ2v) is 9.58. The van der Waals surface area contributed by atoms with E-state index in [1.807, 2.05) is 42.5 Å². The van der Waals surface area contributed by atoms with Crippen molar-refractivity contribution in [2.75, 3.05) is 19.8 Å². The van der Waals surface area contributed by atoms with Gasteiger partial charge in [0.05, 0.1) is 31.1 Å².